The maximum Gasteiger partial charge on any atom is 0.397 e. The molecule has 1 aromatic heterocycles. The van der Waals surface area contributed by atoms with E-state index in [-0.39, 0.29) is 5.69 Å². The van der Waals surface area contributed by atoms with Gasteiger partial charge in [0, 0.05) is 4.53 Å². The van der Waals surface area contributed by atoms with Crippen LogP contribution in [-0.4, -0.2) is 17.4 Å². The van der Waals surface area contributed by atoms with E-state index in [1.165, 1.54) is 18.3 Å². The van der Waals surface area contributed by atoms with Gasteiger partial charge in [-0.15, -0.1) is 0 Å². The number of halogens is 1. The second-order valence-corrected chi connectivity index (χ2v) is 2.06. The van der Waals surface area contributed by atoms with Gasteiger partial charge in [-0.25, -0.2) is 14.7 Å². The number of anilines is 1. The van der Waals surface area contributed by atoms with E-state index in [9.17, 15) is 14.1 Å². The molecule has 1 amide bonds. The molecule has 0 aliphatic rings. The minimum Gasteiger partial charge on any atom is -0.327 e. The zero-order valence-corrected chi connectivity index (χ0v) is 6.36. The lowest BCUT2D eigenvalue weighted by molar-refractivity contribution is -0.105. The standard InChI is InChI=1S/C7H5FN2O3/c8-13-7(12)6-2-1-5(3-9-6)10-4-11/h1-4H,(H,10,11). The summed E-state index contributed by atoms with van der Waals surface area (Å²) in [6.07, 6.45) is 1.67. The van der Waals surface area contributed by atoms with Crippen molar-refractivity contribution in [1.29, 1.82) is 0 Å². The molecule has 0 aliphatic carbocycles. The number of aromatic nitrogens is 1. The number of amides is 1. The van der Waals surface area contributed by atoms with Crippen LogP contribution in [0.15, 0.2) is 18.3 Å². The number of carbonyl (C=O) groups is 2. The van der Waals surface area contributed by atoms with E-state index in [4.69, 9.17) is 0 Å². The van der Waals surface area contributed by atoms with E-state index in [0.29, 0.717) is 12.1 Å². The number of hydrogen-bond donors (Lipinski definition) is 1. The van der Waals surface area contributed by atoms with E-state index >= 15 is 0 Å². The number of rotatable bonds is 3. The van der Waals surface area contributed by atoms with Gasteiger partial charge in [-0.3, -0.25) is 4.79 Å². The summed E-state index contributed by atoms with van der Waals surface area (Å²) in [5.41, 5.74) is 0.240. The van der Waals surface area contributed by atoms with Crippen molar-refractivity contribution in [2.75, 3.05) is 5.32 Å². The summed E-state index contributed by atoms with van der Waals surface area (Å²) in [6, 6.07) is 2.63. The Hall–Kier alpha value is -1.98. The van der Waals surface area contributed by atoms with Gasteiger partial charge in [-0.1, -0.05) is 0 Å². The minimum absolute atomic E-state index is 0.168. The van der Waals surface area contributed by atoms with Crippen molar-refractivity contribution in [2.45, 2.75) is 0 Å². The third-order valence-electron chi connectivity index (χ3n) is 1.27. The van der Waals surface area contributed by atoms with E-state index in [1.54, 1.807) is 0 Å². The Morgan fingerprint density at radius 3 is 2.85 bits per heavy atom. The van der Waals surface area contributed by atoms with Crippen LogP contribution in [0.2, 0.25) is 0 Å². The molecule has 1 N–H and O–H groups in total. The zero-order valence-electron chi connectivity index (χ0n) is 6.36. The van der Waals surface area contributed by atoms with Crippen molar-refractivity contribution < 1.29 is 19.1 Å². The molecule has 0 spiro atoms. The Kier molecular flexibility index (Phi) is 2.91. The number of pyridine rings is 1. The number of nitrogens with one attached hydrogen (secondary N) is 1. The number of nitrogens with zero attached hydrogens (tertiary/aromatic N) is 1. The van der Waals surface area contributed by atoms with Gasteiger partial charge in [0.05, 0.1) is 11.9 Å². The summed E-state index contributed by atoms with van der Waals surface area (Å²) in [4.78, 5) is 27.0. The highest BCUT2D eigenvalue weighted by molar-refractivity contribution is 5.87. The Morgan fingerprint density at radius 1 is 1.62 bits per heavy atom. The lowest BCUT2D eigenvalue weighted by Crippen LogP contribution is -2.02. The third kappa shape index (κ3) is 2.22. The van der Waals surface area contributed by atoms with Gasteiger partial charge >= 0.3 is 5.97 Å². The van der Waals surface area contributed by atoms with E-state index in [2.05, 4.69) is 15.2 Å². The van der Waals surface area contributed by atoms with Crippen molar-refractivity contribution in [3.63, 3.8) is 0 Å². The van der Waals surface area contributed by atoms with E-state index < -0.39 is 5.97 Å². The molecule has 0 fully saturated rings. The molecular weight excluding hydrogens is 179 g/mol. The molecule has 5 nitrogen and oxygen atoms in total. The normalized spacial score (nSPS) is 9.00. The molecule has 1 aromatic rings. The number of carbonyl (C=O) groups excluding carboxylic acids is 2. The molecule has 0 saturated carbocycles. The largest absolute Gasteiger partial charge is 0.397 e. The van der Waals surface area contributed by atoms with Crippen molar-refractivity contribution in [3.8, 4) is 0 Å². The highest BCUT2D eigenvalue weighted by atomic mass is 19.3. The van der Waals surface area contributed by atoms with Crippen molar-refractivity contribution in [2.24, 2.45) is 0 Å². The molecule has 1 rings (SSSR count). The molecule has 0 aliphatic heterocycles. The summed E-state index contributed by atoms with van der Waals surface area (Å²) in [5.74, 6) is -1.17. The lowest BCUT2D eigenvalue weighted by Gasteiger charge is -1.97. The quantitative estimate of drug-likeness (QED) is 0.701. The van der Waals surface area contributed by atoms with Crippen molar-refractivity contribution in [3.05, 3.63) is 24.0 Å². The number of hydrogen-bond acceptors (Lipinski definition) is 4. The second kappa shape index (κ2) is 4.15. The maximum atomic E-state index is 11.4. The van der Waals surface area contributed by atoms with Crippen LogP contribution in [0.1, 0.15) is 10.5 Å². The van der Waals surface area contributed by atoms with Crippen LogP contribution in [0.3, 0.4) is 0 Å². The van der Waals surface area contributed by atoms with Crippen molar-refractivity contribution in [1.82, 2.24) is 4.98 Å². The van der Waals surface area contributed by atoms with Crippen LogP contribution >= 0.6 is 0 Å². The fraction of sp³-hybridized carbons (Fsp3) is 0. The molecule has 0 unspecified atom stereocenters. The van der Waals surface area contributed by atoms with E-state index in [1.807, 2.05) is 0 Å². The summed E-state index contributed by atoms with van der Waals surface area (Å²) in [6.45, 7) is 0. The van der Waals surface area contributed by atoms with Gasteiger partial charge in [0.2, 0.25) is 6.41 Å². The SMILES string of the molecule is O=CNc1ccc(C(=O)OF)nc1. The average molecular weight is 184 g/mol. The first-order valence-corrected chi connectivity index (χ1v) is 3.27. The minimum atomic E-state index is -1.17. The maximum absolute atomic E-state index is 11.4. The summed E-state index contributed by atoms with van der Waals surface area (Å²) < 4.78 is 11.4. The first kappa shape index (κ1) is 9.11. The predicted octanol–water partition coefficient (Wildman–Crippen LogP) is 0.691. The smallest absolute Gasteiger partial charge is 0.327 e. The summed E-state index contributed by atoms with van der Waals surface area (Å²) >= 11 is 0. The first-order chi connectivity index (χ1) is 6.27. The van der Waals surface area contributed by atoms with Crippen LogP contribution < -0.4 is 5.32 Å². The monoisotopic (exact) mass is 184 g/mol. The second-order valence-electron chi connectivity index (χ2n) is 2.06. The highest BCUT2D eigenvalue weighted by Gasteiger charge is 2.08. The van der Waals surface area contributed by atoms with Gasteiger partial charge in [0.25, 0.3) is 0 Å². The fourth-order valence-corrected chi connectivity index (χ4v) is 0.708. The Bertz CT molecular complexity index is 312. The fourth-order valence-electron chi connectivity index (χ4n) is 0.708. The van der Waals surface area contributed by atoms with Crippen LogP contribution in [0.4, 0.5) is 10.2 Å². The van der Waals surface area contributed by atoms with Crippen LogP contribution in [0.5, 0.6) is 0 Å². The Labute approximate surface area is 72.4 Å². The van der Waals surface area contributed by atoms with Crippen molar-refractivity contribution >= 4 is 18.1 Å². The molecule has 0 aromatic carbocycles. The van der Waals surface area contributed by atoms with Crippen LogP contribution in [0, 0.1) is 0 Å². The molecule has 6 heteroatoms. The third-order valence-corrected chi connectivity index (χ3v) is 1.27. The van der Waals surface area contributed by atoms with Crippen LogP contribution in [-0.2, 0) is 9.74 Å². The average Bonchev–Trinajstić information content (AvgIpc) is 2.18. The molecular formula is C7H5FN2O3. The predicted molar refractivity (Wildman–Crippen MR) is 40.4 cm³/mol. The van der Waals surface area contributed by atoms with Gasteiger partial charge in [-0.05, 0) is 12.1 Å². The highest BCUT2D eigenvalue weighted by Crippen LogP contribution is 2.05. The Balaban J connectivity index is 2.80. The Morgan fingerprint density at radius 2 is 2.38 bits per heavy atom. The molecule has 0 bridgehead atoms. The van der Waals surface area contributed by atoms with Gasteiger partial charge < -0.3 is 5.32 Å². The molecule has 68 valence electrons. The molecule has 13 heavy (non-hydrogen) atoms. The topological polar surface area (TPSA) is 68.3 Å². The van der Waals surface area contributed by atoms with Gasteiger partial charge in [0.15, 0.2) is 5.69 Å². The molecule has 1 heterocycles. The molecule has 0 radical (unpaired) electrons. The van der Waals surface area contributed by atoms with Crippen LogP contribution in [0.25, 0.3) is 0 Å². The summed E-state index contributed by atoms with van der Waals surface area (Å²) in [5, 5.41) is 2.30. The molecule has 0 atom stereocenters. The summed E-state index contributed by atoms with van der Waals surface area (Å²) in [7, 11) is 0. The molecule has 0 saturated heterocycles. The zero-order chi connectivity index (χ0) is 9.68. The lowest BCUT2D eigenvalue weighted by atomic mass is 10.3. The van der Waals surface area contributed by atoms with E-state index in [0.717, 1.165) is 0 Å². The van der Waals surface area contributed by atoms with Gasteiger partial charge in [-0.2, -0.15) is 0 Å². The van der Waals surface area contributed by atoms with Gasteiger partial charge in [0.1, 0.15) is 0 Å². The first-order valence-electron chi connectivity index (χ1n) is 3.27.